The molecule has 0 bridgehead atoms. The second-order valence-electron chi connectivity index (χ2n) is 3.65. The number of hydrogen-bond acceptors (Lipinski definition) is 5. The standard InChI is InChI=1S/C11H7N5O2/c17-16(18)9-3-1-2-8(6-9)10-7-15-5-4-12-14-11(15)13-10/h1-7H. The van der Waals surface area contributed by atoms with Crippen molar-refractivity contribution < 1.29 is 4.92 Å². The van der Waals surface area contributed by atoms with E-state index >= 15 is 0 Å². The van der Waals surface area contributed by atoms with Crippen molar-refractivity contribution in [3.8, 4) is 11.3 Å². The lowest BCUT2D eigenvalue weighted by Gasteiger charge is -1.95. The molecule has 0 fully saturated rings. The topological polar surface area (TPSA) is 86.2 Å². The van der Waals surface area contributed by atoms with Crippen molar-refractivity contribution in [3.05, 3.63) is 53.0 Å². The molecular formula is C11H7N5O2. The normalized spacial score (nSPS) is 10.7. The summed E-state index contributed by atoms with van der Waals surface area (Å²) in [5, 5.41) is 18.3. The molecule has 0 N–H and O–H groups in total. The minimum absolute atomic E-state index is 0.0376. The number of imidazole rings is 1. The fourth-order valence-corrected chi connectivity index (χ4v) is 1.67. The Balaban J connectivity index is 2.13. The molecule has 0 aliphatic rings. The number of benzene rings is 1. The van der Waals surface area contributed by atoms with Gasteiger partial charge < -0.3 is 0 Å². The number of aromatic nitrogens is 4. The predicted molar refractivity (Wildman–Crippen MR) is 62.9 cm³/mol. The zero-order valence-corrected chi connectivity index (χ0v) is 9.09. The fraction of sp³-hybridized carbons (Fsp3) is 0. The van der Waals surface area contributed by atoms with E-state index in [1.807, 2.05) is 0 Å². The molecule has 3 aromatic rings. The first-order valence-electron chi connectivity index (χ1n) is 5.15. The van der Waals surface area contributed by atoms with Crippen LogP contribution < -0.4 is 0 Å². The predicted octanol–water partition coefficient (Wildman–Crippen LogP) is 1.70. The number of rotatable bonds is 2. The summed E-state index contributed by atoms with van der Waals surface area (Å²) in [6, 6.07) is 6.32. The molecule has 0 aliphatic carbocycles. The highest BCUT2D eigenvalue weighted by Crippen LogP contribution is 2.22. The average Bonchev–Trinajstić information content (AvgIpc) is 2.82. The Morgan fingerprint density at radius 1 is 1.33 bits per heavy atom. The molecular weight excluding hydrogens is 234 g/mol. The van der Waals surface area contributed by atoms with E-state index in [1.54, 1.807) is 35.1 Å². The maximum Gasteiger partial charge on any atom is 0.270 e. The van der Waals surface area contributed by atoms with E-state index < -0.39 is 4.92 Å². The van der Waals surface area contributed by atoms with Crippen molar-refractivity contribution in [1.82, 2.24) is 19.6 Å². The van der Waals surface area contributed by atoms with E-state index in [4.69, 9.17) is 0 Å². The second kappa shape index (κ2) is 3.88. The van der Waals surface area contributed by atoms with Crippen molar-refractivity contribution in [2.24, 2.45) is 0 Å². The maximum absolute atomic E-state index is 10.7. The molecule has 1 aromatic carbocycles. The third-order valence-electron chi connectivity index (χ3n) is 2.51. The first kappa shape index (κ1) is 10.3. The van der Waals surface area contributed by atoms with E-state index in [1.165, 1.54) is 12.1 Å². The van der Waals surface area contributed by atoms with Gasteiger partial charge in [-0.3, -0.25) is 14.5 Å². The van der Waals surface area contributed by atoms with Crippen LogP contribution in [0.1, 0.15) is 0 Å². The largest absolute Gasteiger partial charge is 0.288 e. The van der Waals surface area contributed by atoms with Crippen LogP contribution in [0.25, 0.3) is 17.0 Å². The van der Waals surface area contributed by atoms with Gasteiger partial charge in [0.05, 0.1) is 16.8 Å². The molecule has 0 amide bonds. The smallest absolute Gasteiger partial charge is 0.270 e. The fourth-order valence-electron chi connectivity index (χ4n) is 1.67. The van der Waals surface area contributed by atoms with Gasteiger partial charge in [-0.05, 0) is 0 Å². The minimum Gasteiger partial charge on any atom is -0.288 e. The summed E-state index contributed by atoms with van der Waals surface area (Å²) in [4.78, 5) is 14.5. The van der Waals surface area contributed by atoms with Gasteiger partial charge in [-0.15, -0.1) is 5.10 Å². The molecule has 0 unspecified atom stereocenters. The highest BCUT2D eigenvalue weighted by Gasteiger charge is 2.10. The maximum atomic E-state index is 10.7. The Labute approximate surface area is 101 Å². The van der Waals surface area contributed by atoms with Crippen LogP contribution in [0.4, 0.5) is 5.69 Å². The van der Waals surface area contributed by atoms with E-state index in [0.29, 0.717) is 17.0 Å². The first-order chi connectivity index (χ1) is 8.74. The Morgan fingerprint density at radius 2 is 2.22 bits per heavy atom. The van der Waals surface area contributed by atoms with Gasteiger partial charge in [-0.2, -0.15) is 5.10 Å². The molecule has 0 saturated carbocycles. The van der Waals surface area contributed by atoms with Crippen LogP contribution in [-0.2, 0) is 0 Å². The summed E-state index contributed by atoms with van der Waals surface area (Å²) in [6.07, 6.45) is 5.02. The Hall–Kier alpha value is -2.83. The molecule has 0 saturated heterocycles. The van der Waals surface area contributed by atoms with Gasteiger partial charge >= 0.3 is 0 Å². The van der Waals surface area contributed by atoms with Crippen molar-refractivity contribution in [2.45, 2.75) is 0 Å². The van der Waals surface area contributed by atoms with Crippen LogP contribution >= 0.6 is 0 Å². The lowest BCUT2D eigenvalue weighted by molar-refractivity contribution is -0.384. The number of nitrogens with zero attached hydrogens (tertiary/aromatic N) is 5. The number of fused-ring (bicyclic) bond motifs is 1. The molecule has 2 heterocycles. The van der Waals surface area contributed by atoms with Crippen molar-refractivity contribution in [2.75, 3.05) is 0 Å². The van der Waals surface area contributed by atoms with Crippen LogP contribution in [0.2, 0.25) is 0 Å². The van der Waals surface area contributed by atoms with Crippen LogP contribution in [-0.4, -0.2) is 24.5 Å². The number of hydrogen-bond donors (Lipinski definition) is 0. The average molecular weight is 241 g/mol. The van der Waals surface area contributed by atoms with Crippen LogP contribution in [0, 0.1) is 10.1 Å². The highest BCUT2D eigenvalue weighted by molar-refractivity contribution is 5.64. The minimum atomic E-state index is -0.431. The highest BCUT2D eigenvalue weighted by atomic mass is 16.6. The number of nitro groups is 1. The molecule has 0 radical (unpaired) electrons. The van der Waals surface area contributed by atoms with Gasteiger partial charge in [-0.1, -0.05) is 12.1 Å². The van der Waals surface area contributed by atoms with Gasteiger partial charge in [-0.25, -0.2) is 4.98 Å². The monoisotopic (exact) mass is 241 g/mol. The lowest BCUT2D eigenvalue weighted by Crippen LogP contribution is -1.88. The summed E-state index contributed by atoms with van der Waals surface area (Å²) in [6.45, 7) is 0. The van der Waals surface area contributed by atoms with E-state index in [9.17, 15) is 10.1 Å². The third kappa shape index (κ3) is 1.67. The van der Waals surface area contributed by atoms with E-state index in [-0.39, 0.29) is 5.69 Å². The molecule has 7 nitrogen and oxygen atoms in total. The van der Waals surface area contributed by atoms with Crippen LogP contribution in [0.5, 0.6) is 0 Å². The van der Waals surface area contributed by atoms with Gasteiger partial charge in [0.2, 0.25) is 0 Å². The SMILES string of the molecule is O=[N+]([O-])c1cccc(-c2cn3ccnnc3n2)c1. The Morgan fingerprint density at radius 3 is 3.00 bits per heavy atom. The molecule has 88 valence electrons. The van der Waals surface area contributed by atoms with E-state index in [0.717, 1.165) is 0 Å². The molecule has 18 heavy (non-hydrogen) atoms. The van der Waals surface area contributed by atoms with Crippen LogP contribution in [0.15, 0.2) is 42.9 Å². The summed E-state index contributed by atoms with van der Waals surface area (Å²) in [5.74, 6) is 0.457. The van der Waals surface area contributed by atoms with E-state index in [2.05, 4.69) is 15.2 Å². The Bertz CT molecular complexity index is 704. The number of non-ortho nitro benzene ring substituents is 1. The molecule has 2 aromatic heterocycles. The summed E-state index contributed by atoms with van der Waals surface area (Å²) >= 11 is 0. The Kier molecular flexibility index (Phi) is 2.23. The zero-order chi connectivity index (χ0) is 12.5. The van der Waals surface area contributed by atoms with Crippen molar-refractivity contribution >= 4 is 11.5 Å². The molecule has 7 heteroatoms. The van der Waals surface area contributed by atoms with Crippen molar-refractivity contribution in [3.63, 3.8) is 0 Å². The third-order valence-corrected chi connectivity index (χ3v) is 2.51. The van der Waals surface area contributed by atoms with Gasteiger partial charge in [0.15, 0.2) is 0 Å². The van der Waals surface area contributed by atoms with Crippen LogP contribution in [0.3, 0.4) is 0 Å². The molecule has 0 atom stereocenters. The van der Waals surface area contributed by atoms with Gasteiger partial charge in [0.25, 0.3) is 11.5 Å². The zero-order valence-electron chi connectivity index (χ0n) is 9.09. The second-order valence-corrected chi connectivity index (χ2v) is 3.65. The molecule has 0 aliphatic heterocycles. The quantitative estimate of drug-likeness (QED) is 0.503. The summed E-state index contributed by atoms with van der Waals surface area (Å²) < 4.78 is 1.71. The molecule has 0 spiro atoms. The number of nitro benzene ring substituents is 1. The summed E-state index contributed by atoms with van der Waals surface area (Å²) in [7, 11) is 0. The van der Waals surface area contributed by atoms with Gasteiger partial charge in [0, 0.05) is 30.1 Å². The van der Waals surface area contributed by atoms with Gasteiger partial charge in [0.1, 0.15) is 0 Å². The molecule has 3 rings (SSSR count). The summed E-state index contributed by atoms with van der Waals surface area (Å²) in [5.41, 5.74) is 1.34. The lowest BCUT2D eigenvalue weighted by atomic mass is 10.1. The van der Waals surface area contributed by atoms with Crippen molar-refractivity contribution in [1.29, 1.82) is 0 Å². The first-order valence-corrected chi connectivity index (χ1v) is 5.15.